The molecule has 1 saturated carbocycles. The van der Waals surface area contributed by atoms with Crippen LogP contribution in [0.25, 0.3) is 5.69 Å². The number of amides is 1. The average Bonchev–Trinajstić information content (AvgIpc) is 3.19. The maximum atomic E-state index is 13.1. The second kappa shape index (κ2) is 7.64. The summed E-state index contributed by atoms with van der Waals surface area (Å²) >= 11 is 6.31. The molecule has 2 aliphatic rings. The average molecular weight is 387 g/mol. The summed E-state index contributed by atoms with van der Waals surface area (Å²) in [5.74, 6) is 0.485. The first-order chi connectivity index (χ1) is 13.0. The van der Waals surface area contributed by atoms with Gasteiger partial charge in [-0.3, -0.25) is 4.79 Å². The van der Waals surface area contributed by atoms with E-state index >= 15 is 0 Å². The maximum Gasteiger partial charge on any atom is 0.257 e. The molecule has 1 aromatic heterocycles. The van der Waals surface area contributed by atoms with Crippen molar-refractivity contribution in [2.75, 3.05) is 33.2 Å². The number of halogens is 1. The number of carbonyl (C=O) groups is 1. The van der Waals surface area contributed by atoms with Crippen LogP contribution >= 0.6 is 11.6 Å². The zero-order valence-electron chi connectivity index (χ0n) is 16.1. The Morgan fingerprint density at radius 2 is 2.04 bits per heavy atom. The van der Waals surface area contributed by atoms with Crippen LogP contribution in [0.3, 0.4) is 0 Å². The second-order valence-corrected chi connectivity index (χ2v) is 8.25. The van der Waals surface area contributed by atoms with Crippen molar-refractivity contribution in [1.29, 1.82) is 0 Å². The number of hydrogen-bond donors (Lipinski definition) is 0. The largest absolute Gasteiger partial charge is 0.340 e. The molecule has 0 N–H and O–H groups in total. The number of nitrogens with zero attached hydrogens (tertiary/aromatic N) is 4. The molecule has 144 valence electrons. The summed E-state index contributed by atoms with van der Waals surface area (Å²) in [6.07, 6.45) is 6.51. The lowest BCUT2D eigenvalue weighted by atomic mass is 10.1. The van der Waals surface area contributed by atoms with E-state index in [-0.39, 0.29) is 5.91 Å². The molecule has 0 atom stereocenters. The second-order valence-electron chi connectivity index (χ2n) is 7.84. The molecule has 6 heteroatoms. The van der Waals surface area contributed by atoms with Gasteiger partial charge in [-0.15, -0.1) is 0 Å². The number of carbonyl (C=O) groups excluding carboxylic acids is 1. The minimum Gasteiger partial charge on any atom is -0.340 e. The highest BCUT2D eigenvalue weighted by molar-refractivity contribution is 6.31. The molecule has 1 aliphatic carbocycles. The predicted octanol–water partition coefficient (Wildman–Crippen LogP) is 3.88. The Hall–Kier alpha value is -1.85. The van der Waals surface area contributed by atoms with E-state index in [9.17, 15) is 4.79 Å². The topological polar surface area (TPSA) is 41.4 Å². The molecule has 1 aromatic carbocycles. The molecule has 5 nitrogen and oxygen atoms in total. The minimum absolute atomic E-state index is 0.0700. The van der Waals surface area contributed by atoms with E-state index < -0.39 is 0 Å². The highest BCUT2D eigenvalue weighted by atomic mass is 35.5. The zero-order valence-corrected chi connectivity index (χ0v) is 16.9. The Morgan fingerprint density at radius 3 is 2.70 bits per heavy atom. The summed E-state index contributed by atoms with van der Waals surface area (Å²) in [6.45, 7) is 6.00. The number of rotatable bonds is 6. The molecule has 0 radical (unpaired) electrons. The quantitative estimate of drug-likeness (QED) is 0.756. The molecule has 1 aliphatic heterocycles. The summed E-state index contributed by atoms with van der Waals surface area (Å²) in [5.41, 5.74) is 3.73. The van der Waals surface area contributed by atoms with Crippen LogP contribution < -0.4 is 0 Å². The number of aromatic nitrogens is 2. The van der Waals surface area contributed by atoms with Gasteiger partial charge >= 0.3 is 0 Å². The van der Waals surface area contributed by atoms with Gasteiger partial charge in [0, 0.05) is 31.1 Å². The van der Waals surface area contributed by atoms with Crippen molar-refractivity contribution in [3.05, 3.63) is 46.2 Å². The lowest BCUT2D eigenvalue weighted by Gasteiger charge is -2.21. The smallest absolute Gasteiger partial charge is 0.257 e. The third-order valence-electron chi connectivity index (χ3n) is 5.70. The fourth-order valence-electron chi connectivity index (χ4n) is 3.80. The number of likely N-dealkylation sites (N-methyl/N-ethyl adjacent to an activating group) is 1. The van der Waals surface area contributed by atoms with E-state index in [4.69, 9.17) is 11.6 Å². The van der Waals surface area contributed by atoms with Crippen LogP contribution in [0.2, 0.25) is 5.02 Å². The van der Waals surface area contributed by atoms with E-state index in [2.05, 4.69) is 10.00 Å². The molecule has 2 fully saturated rings. The van der Waals surface area contributed by atoms with Crippen LogP contribution in [-0.2, 0) is 0 Å². The Labute approximate surface area is 165 Å². The van der Waals surface area contributed by atoms with Gasteiger partial charge in [-0.1, -0.05) is 17.7 Å². The molecule has 4 rings (SSSR count). The molecule has 2 aromatic rings. The minimum atomic E-state index is 0.0700. The van der Waals surface area contributed by atoms with Gasteiger partial charge in [0.15, 0.2) is 0 Å². The third kappa shape index (κ3) is 3.90. The number of likely N-dealkylation sites (tertiary alicyclic amines) is 1. The van der Waals surface area contributed by atoms with Crippen molar-refractivity contribution in [2.24, 2.45) is 0 Å². The van der Waals surface area contributed by atoms with Crippen LogP contribution in [-0.4, -0.2) is 58.7 Å². The molecule has 0 spiro atoms. The Morgan fingerprint density at radius 1 is 1.30 bits per heavy atom. The molecule has 1 amide bonds. The van der Waals surface area contributed by atoms with Gasteiger partial charge in [-0.05, 0) is 63.4 Å². The fourth-order valence-corrected chi connectivity index (χ4v) is 3.97. The molecule has 2 heterocycles. The van der Waals surface area contributed by atoms with E-state index in [0.717, 1.165) is 66.6 Å². The van der Waals surface area contributed by atoms with Crippen molar-refractivity contribution in [3.63, 3.8) is 0 Å². The lowest BCUT2D eigenvalue weighted by Crippen LogP contribution is -2.35. The van der Waals surface area contributed by atoms with Gasteiger partial charge in [0.1, 0.15) is 0 Å². The molecular formula is C21H27ClN4O. The first kappa shape index (κ1) is 18.5. The Balaban J connectivity index is 1.56. The summed E-state index contributed by atoms with van der Waals surface area (Å²) in [7, 11) is 1.90. The molecule has 0 bridgehead atoms. The van der Waals surface area contributed by atoms with Crippen LogP contribution in [0.4, 0.5) is 0 Å². The van der Waals surface area contributed by atoms with Gasteiger partial charge in [0.05, 0.1) is 23.1 Å². The SMILES string of the molecule is Cc1ccc(-n2ncc(C(=O)N(C)CCN3CCCC3)c2C2CC2)cc1Cl. The fraction of sp³-hybridized carbons (Fsp3) is 0.524. The summed E-state index contributed by atoms with van der Waals surface area (Å²) < 4.78 is 1.91. The van der Waals surface area contributed by atoms with Crippen LogP contribution in [0.5, 0.6) is 0 Å². The van der Waals surface area contributed by atoms with Crippen LogP contribution in [0.15, 0.2) is 24.4 Å². The van der Waals surface area contributed by atoms with Crippen molar-refractivity contribution in [2.45, 2.75) is 38.5 Å². The van der Waals surface area contributed by atoms with Gasteiger partial charge in [-0.25, -0.2) is 4.68 Å². The van der Waals surface area contributed by atoms with Crippen molar-refractivity contribution in [3.8, 4) is 5.69 Å². The van der Waals surface area contributed by atoms with Crippen molar-refractivity contribution < 1.29 is 4.79 Å². The van der Waals surface area contributed by atoms with E-state index in [1.807, 2.05) is 41.8 Å². The van der Waals surface area contributed by atoms with Crippen LogP contribution in [0, 0.1) is 6.92 Å². The first-order valence-electron chi connectivity index (χ1n) is 9.87. The van der Waals surface area contributed by atoms with Gasteiger partial charge in [0.25, 0.3) is 5.91 Å². The molecule has 27 heavy (non-hydrogen) atoms. The van der Waals surface area contributed by atoms with Crippen molar-refractivity contribution >= 4 is 17.5 Å². The summed E-state index contributed by atoms with van der Waals surface area (Å²) in [6, 6.07) is 5.95. The van der Waals surface area contributed by atoms with E-state index in [1.54, 1.807) is 6.20 Å². The van der Waals surface area contributed by atoms with Gasteiger partial charge in [0.2, 0.25) is 0 Å². The summed E-state index contributed by atoms with van der Waals surface area (Å²) in [4.78, 5) is 17.4. The predicted molar refractivity (Wildman–Crippen MR) is 108 cm³/mol. The highest BCUT2D eigenvalue weighted by Gasteiger charge is 2.33. The molecule has 0 unspecified atom stereocenters. The zero-order chi connectivity index (χ0) is 19.0. The normalized spacial score (nSPS) is 17.4. The maximum absolute atomic E-state index is 13.1. The molecular weight excluding hydrogens is 360 g/mol. The lowest BCUT2D eigenvalue weighted by molar-refractivity contribution is 0.0781. The number of hydrogen-bond acceptors (Lipinski definition) is 3. The van der Waals surface area contributed by atoms with E-state index in [0.29, 0.717) is 5.92 Å². The number of aryl methyl sites for hydroxylation is 1. The standard InChI is InChI=1S/C21H27ClN4O/c1-15-5-8-17(13-19(15)22)26-20(16-6-7-16)18(14-23-26)21(27)24(2)11-12-25-9-3-4-10-25/h5,8,13-14,16H,3-4,6-7,9-12H2,1-2H3. The van der Waals surface area contributed by atoms with Crippen molar-refractivity contribution in [1.82, 2.24) is 19.6 Å². The molecule has 1 saturated heterocycles. The number of benzene rings is 1. The van der Waals surface area contributed by atoms with E-state index in [1.165, 1.54) is 12.8 Å². The summed E-state index contributed by atoms with van der Waals surface area (Å²) in [5, 5.41) is 5.28. The Kier molecular flexibility index (Phi) is 5.24. The van der Waals surface area contributed by atoms with Gasteiger partial charge < -0.3 is 9.80 Å². The Bertz CT molecular complexity index is 837. The third-order valence-corrected chi connectivity index (χ3v) is 6.11. The van der Waals surface area contributed by atoms with Gasteiger partial charge in [-0.2, -0.15) is 5.10 Å². The van der Waals surface area contributed by atoms with Crippen LogP contribution in [0.1, 0.15) is 53.2 Å². The highest BCUT2D eigenvalue weighted by Crippen LogP contribution is 2.43. The first-order valence-corrected chi connectivity index (χ1v) is 10.2. The monoisotopic (exact) mass is 386 g/mol.